The number of carboxylic acid groups (broad SMARTS) is 1. The molecule has 6 heteroatoms. The van der Waals surface area contributed by atoms with Crippen molar-refractivity contribution in [1.82, 2.24) is 5.32 Å². The van der Waals surface area contributed by atoms with Crippen LogP contribution in [-0.2, 0) is 16.0 Å². The van der Waals surface area contributed by atoms with Crippen LogP contribution in [-0.4, -0.2) is 44.4 Å². The van der Waals surface area contributed by atoms with E-state index < -0.39 is 5.97 Å². The molecule has 1 aromatic carbocycles. The number of hydrogen-bond acceptors (Lipinski definition) is 4. The number of methoxy groups -OCH3 is 1. The van der Waals surface area contributed by atoms with Crippen molar-refractivity contribution in [2.75, 3.05) is 38.3 Å². The summed E-state index contributed by atoms with van der Waals surface area (Å²) < 4.78 is 5.33. The number of carbonyl (C=O) groups is 1. The van der Waals surface area contributed by atoms with Crippen molar-refractivity contribution in [3.8, 4) is 0 Å². The molecule has 30 heavy (non-hydrogen) atoms. The highest BCUT2D eigenvalue weighted by molar-refractivity contribution is 6.30. The Kier molecular flexibility index (Phi) is 8.31. The maximum Gasteiger partial charge on any atom is 0.328 e. The highest BCUT2D eigenvalue weighted by Crippen LogP contribution is 2.37. The number of fused-ring (bicyclic) bond motifs is 2. The van der Waals surface area contributed by atoms with Gasteiger partial charge in [0.2, 0.25) is 0 Å². The molecule has 0 radical (unpaired) electrons. The van der Waals surface area contributed by atoms with Gasteiger partial charge in [-0.3, -0.25) is 0 Å². The number of nitrogens with zero attached hydrogens (tertiary/aromatic N) is 1. The predicted molar refractivity (Wildman–Crippen MR) is 122 cm³/mol. The van der Waals surface area contributed by atoms with Crippen LogP contribution in [0.3, 0.4) is 0 Å². The fourth-order valence-corrected chi connectivity index (χ4v) is 4.02. The quantitative estimate of drug-likeness (QED) is 0.424. The summed E-state index contributed by atoms with van der Waals surface area (Å²) in [5.74, 6) is -0.914. The molecule has 0 bridgehead atoms. The normalized spacial score (nSPS) is 15.8. The first kappa shape index (κ1) is 22.3. The molecule has 0 fully saturated rings. The minimum absolute atomic E-state index is 0.569. The lowest BCUT2D eigenvalue weighted by atomic mass is 9.96. The van der Waals surface area contributed by atoms with E-state index in [2.05, 4.69) is 40.6 Å². The Morgan fingerprint density at radius 1 is 1.33 bits per heavy atom. The fraction of sp³-hybridized carbons (Fsp3) is 0.375. The van der Waals surface area contributed by atoms with Crippen LogP contribution in [0.25, 0.3) is 0 Å². The van der Waals surface area contributed by atoms with Crippen molar-refractivity contribution in [2.24, 2.45) is 0 Å². The zero-order valence-corrected chi connectivity index (χ0v) is 18.1. The van der Waals surface area contributed by atoms with E-state index in [4.69, 9.17) is 21.4 Å². The summed E-state index contributed by atoms with van der Waals surface area (Å²) in [4.78, 5) is 12.9. The number of benzene rings is 1. The SMILES string of the molecule is COCC1=CC=C2C(=CCc3ccc(Cl)cc3N2CCCCNC/C=C/C(=O)O)C1. The first-order valence-corrected chi connectivity index (χ1v) is 10.7. The monoisotopic (exact) mass is 428 g/mol. The largest absolute Gasteiger partial charge is 0.478 e. The molecule has 1 heterocycles. The Morgan fingerprint density at radius 2 is 2.20 bits per heavy atom. The van der Waals surface area contributed by atoms with Gasteiger partial charge in [0.05, 0.1) is 6.61 Å². The van der Waals surface area contributed by atoms with Crippen molar-refractivity contribution in [2.45, 2.75) is 25.7 Å². The van der Waals surface area contributed by atoms with Gasteiger partial charge in [-0.15, -0.1) is 0 Å². The van der Waals surface area contributed by atoms with Crippen molar-refractivity contribution in [3.63, 3.8) is 0 Å². The zero-order valence-electron chi connectivity index (χ0n) is 17.4. The molecule has 160 valence electrons. The molecule has 0 unspecified atom stereocenters. The lowest BCUT2D eigenvalue weighted by molar-refractivity contribution is -0.131. The molecule has 0 saturated carbocycles. The molecule has 5 nitrogen and oxygen atoms in total. The van der Waals surface area contributed by atoms with Crippen molar-refractivity contribution in [1.29, 1.82) is 0 Å². The van der Waals surface area contributed by atoms with E-state index in [0.717, 1.165) is 43.8 Å². The molecule has 0 atom stereocenters. The van der Waals surface area contributed by atoms with Gasteiger partial charge in [-0.05, 0) is 67.1 Å². The van der Waals surface area contributed by atoms with Gasteiger partial charge in [0.15, 0.2) is 0 Å². The first-order chi connectivity index (χ1) is 14.6. The van der Waals surface area contributed by atoms with Crippen molar-refractivity contribution in [3.05, 3.63) is 76.0 Å². The van der Waals surface area contributed by atoms with Gasteiger partial charge in [-0.25, -0.2) is 4.79 Å². The van der Waals surface area contributed by atoms with E-state index in [1.54, 1.807) is 13.2 Å². The van der Waals surface area contributed by atoms with Crippen LogP contribution in [0.15, 0.2) is 65.4 Å². The summed E-state index contributed by atoms with van der Waals surface area (Å²) in [6.45, 7) is 2.97. The van der Waals surface area contributed by atoms with Gasteiger partial charge < -0.3 is 20.1 Å². The Balaban J connectivity index is 1.68. The van der Waals surface area contributed by atoms with Crippen LogP contribution in [0.5, 0.6) is 0 Å². The minimum atomic E-state index is -0.914. The van der Waals surface area contributed by atoms with Crippen LogP contribution in [0.2, 0.25) is 5.02 Å². The molecule has 0 aromatic heterocycles. The summed E-state index contributed by atoms with van der Waals surface area (Å²) in [6.07, 6.45) is 13.3. The summed E-state index contributed by atoms with van der Waals surface area (Å²) in [5.41, 5.74) is 6.34. The summed E-state index contributed by atoms with van der Waals surface area (Å²) in [7, 11) is 1.73. The molecule has 3 rings (SSSR count). The van der Waals surface area contributed by atoms with E-state index >= 15 is 0 Å². The molecule has 1 aliphatic carbocycles. The number of unbranched alkanes of at least 4 members (excludes halogenated alkanes) is 1. The van der Waals surface area contributed by atoms with Crippen molar-refractivity contribution >= 4 is 23.3 Å². The number of nitrogens with one attached hydrogen (secondary N) is 1. The lowest BCUT2D eigenvalue weighted by Crippen LogP contribution is -2.27. The summed E-state index contributed by atoms with van der Waals surface area (Å²) in [5, 5.41) is 12.6. The van der Waals surface area contributed by atoms with Gasteiger partial charge in [-0.2, -0.15) is 0 Å². The Hall–Kier alpha value is -2.34. The van der Waals surface area contributed by atoms with E-state index in [9.17, 15) is 4.79 Å². The fourth-order valence-electron chi connectivity index (χ4n) is 3.85. The third kappa shape index (κ3) is 6.08. The second-order valence-corrected chi connectivity index (χ2v) is 7.93. The van der Waals surface area contributed by atoms with Crippen LogP contribution in [0.1, 0.15) is 24.8 Å². The molecule has 1 aliphatic heterocycles. The Bertz CT molecular complexity index is 886. The number of allylic oxidation sites excluding steroid dienone is 4. The maximum atomic E-state index is 10.5. The molecule has 0 spiro atoms. The number of hydrogen-bond donors (Lipinski definition) is 2. The average molecular weight is 429 g/mol. The zero-order chi connectivity index (χ0) is 21.3. The van der Waals surface area contributed by atoms with E-state index in [1.807, 2.05) is 6.07 Å². The highest BCUT2D eigenvalue weighted by atomic mass is 35.5. The predicted octanol–water partition coefficient (Wildman–Crippen LogP) is 4.50. The number of ether oxygens (including phenoxy) is 1. The highest BCUT2D eigenvalue weighted by Gasteiger charge is 2.24. The third-order valence-electron chi connectivity index (χ3n) is 5.26. The second-order valence-electron chi connectivity index (χ2n) is 7.50. The maximum absolute atomic E-state index is 10.5. The molecule has 0 saturated heterocycles. The number of anilines is 1. The Labute approximate surface area is 183 Å². The van der Waals surface area contributed by atoms with E-state index in [1.165, 1.54) is 34.2 Å². The Morgan fingerprint density at radius 3 is 3.00 bits per heavy atom. The van der Waals surface area contributed by atoms with Gasteiger partial charge in [-0.1, -0.05) is 35.9 Å². The number of halogens is 1. The molecule has 1 aromatic rings. The molecular weight excluding hydrogens is 400 g/mol. The van der Waals surface area contributed by atoms with Crippen LogP contribution < -0.4 is 10.2 Å². The van der Waals surface area contributed by atoms with Crippen LogP contribution in [0, 0.1) is 0 Å². The van der Waals surface area contributed by atoms with Gasteiger partial charge in [0.25, 0.3) is 0 Å². The number of aliphatic carboxylic acids is 1. The molecule has 0 amide bonds. The number of rotatable bonds is 10. The third-order valence-corrected chi connectivity index (χ3v) is 5.49. The second kappa shape index (κ2) is 11.2. The van der Waals surface area contributed by atoms with Crippen LogP contribution >= 0.6 is 11.6 Å². The smallest absolute Gasteiger partial charge is 0.328 e. The summed E-state index contributed by atoms with van der Waals surface area (Å²) in [6, 6.07) is 6.15. The van der Waals surface area contributed by atoms with Gasteiger partial charge in [0, 0.05) is 42.7 Å². The number of carboxylic acids is 1. The topological polar surface area (TPSA) is 61.8 Å². The lowest BCUT2D eigenvalue weighted by Gasteiger charge is -2.31. The molecule has 2 aliphatic rings. The first-order valence-electron chi connectivity index (χ1n) is 10.3. The van der Waals surface area contributed by atoms with E-state index in [-0.39, 0.29) is 0 Å². The molecular formula is C24H29ClN2O3. The standard InChI is InChI=1S/C24H29ClN2O3/c1-30-17-18-6-11-22-20(15-18)8-7-19-9-10-21(25)16-23(19)27(22)14-3-2-12-26-13-4-5-24(28)29/h4-6,8-11,16,26H,2-3,7,12-15,17H2,1H3,(H,28,29)/b5-4+. The molecule has 2 N–H and O–H groups in total. The summed E-state index contributed by atoms with van der Waals surface area (Å²) >= 11 is 6.34. The van der Waals surface area contributed by atoms with Gasteiger partial charge >= 0.3 is 5.97 Å². The average Bonchev–Trinajstić information content (AvgIpc) is 2.86. The van der Waals surface area contributed by atoms with Gasteiger partial charge in [0.1, 0.15) is 0 Å². The van der Waals surface area contributed by atoms with Crippen LogP contribution in [0.4, 0.5) is 5.69 Å². The minimum Gasteiger partial charge on any atom is -0.478 e. The van der Waals surface area contributed by atoms with E-state index in [0.29, 0.717) is 13.2 Å². The van der Waals surface area contributed by atoms with Crippen molar-refractivity contribution < 1.29 is 14.6 Å².